The maximum Gasteiger partial charge on any atom is 0.239 e. The predicted octanol–water partition coefficient (Wildman–Crippen LogP) is 4.18. The molecule has 2 aromatic heterocycles. The second-order valence-electron chi connectivity index (χ2n) is 8.63. The molecule has 176 valence electrons. The number of aryl methyl sites for hydroxylation is 1. The fourth-order valence-electron chi connectivity index (χ4n) is 4.04. The lowest BCUT2D eigenvalue weighted by Gasteiger charge is -2.31. The number of amides is 1. The van der Waals surface area contributed by atoms with Gasteiger partial charge in [0.25, 0.3) is 0 Å². The Hall–Kier alpha value is -3.72. The number of aromatic nitrogens is 4. The van der Waals surface area contributed by atoms with Crippen LogP contribution in [0, 0.1) is 6.92 Å². The number of carbonyl (C=O) groups excluding carboxylic acids is 1. The van der Waals surface area contributed by atoms with E-state index >= 15 is 0 Å². The Labute approximate surface area is 202 Å². The Morgan fingerprint density at radius 3 is 2.97 bits per heavy atom. The number of ether oxygens (including phenoxy) is 1. The highest BCUT2D eigenvalue weighted by molar-refractivity contribution is 6.38. The Balaban J connectivity index is 1.38. The second kappa shape index (κ2) is 8.90. The number of rotatable bonds is 6. The van der Waals surface area contributed by atoms with E-state index in [0.29, 0.717) is 30.5 Å². The number of carbonyl (C=O) groups is 1. The molecule has 0 unspecified atom stereocenters. The topological polar surface area (TPSA) is 100 Å². The van der Waals surface area contributed by atoms with Crippen molar-refractivity contribution < 1.29 is 9.53 Å². The molecule has 10 heteroatoms. The maximum atomic E-state index is 12.3. The molecule has 2 aromatic carbocycles. The van der Waals surface area contributed by atoms with Crippen LogP contribution in [0.5, 0.6) is 5.75 Å². The summed E-state index contributed by atoms with van der Waals surface area (Å²) in [6.07, 6.45) is 3.65. The van der Waals surface area contributed by atoms with Crippen LogP contribution in [0.25, 0.3) is 16.6 Å². The zero-order valence-electron chi connectivity index (χ0n) is 19.2. The van der Waals surface area contributed by atoms with E-state index in [1.807, 2.05) is 62.2 Å². The molecule has 4 aromatic rings. The molecule has 34 heavy (non-hydrogen) atoms. The van der Waals surface area contributed by atoms with Crippen LogP contribution in [0.2, 0.25) is 5.02 Å². The SMILES string of the molecule is Cc1cn(-c2ccc3c(c2)OCCN3CC(=O)NC(C)C)nc1Nc1ccc2[nH]ncc2c1Cl. The number of fused-ring (bicyclic) bond motifs is 2. The van der Waals surface area contributed by atoms with Crippen LogP contribution < -0.4 is 20.3 Å². The molecular formula is C24H26ClN7O2. The molecule has 0 saturated carbocycles. The van der Waals surface area contributed by atoms with Gasteiger partial charge >= 0.3 is 0 Å². The minimum Gasteiger partial charge on any atom is -0.489 e. The Morgan fingerprint density at radius 2 is 2.15 bits per heavy atom. The van der Waals surface area contributed by atoms with Crippen LogP contribution in [-0.4, -0.2) is 51.6 Å². The monoisotopic (exact) mass is 479 g/mol. The number of nitrogens with one attached hydrogen (secondary N) is 3. The van der Waals surface area contributed by atoms with Gasteiger partial charge < -0.3 is 20.3 Å². The van der Waals surface area contributed by atoms with Crippen LogP contribution in [0.15, 0.2) is 42.7 Å². The Bertz CT molecular complexity index is 1360. The summed E-state index contributed by atoms with van der Waals surface area (Å²) in [4.78, 5) is 14.3. The summed E-state index contributed by atoms with van der Waals surface area (Å²) in [7, 11) is 0. The van der Waals surface area contributed by atoms with Gasteiger partial charge in [-0.1, -0.05) is 11.6 Å². The van der Waals surface area contributed by atoms with Crippen molar-refractivity contribution in [3.05, 3.63) is 53.3 Å². The lowest BCUT2D eigenvalue weighted by Crippen LogP contribution is -2.43. The molecule has 3 N–H and O–H groups in total. The summed E-state index contributed by atoms with van der Waals surface area (Å²) in [5, 5.41) is 19.4. The van der Waals surface area contributed by atoms with E-state index in [9.17, 15) is 4.79 Å². The highest BCUT2D eigenvalue weighted by Gasteiger charge is 2.21. The average Bonchev–Trinajstić information content (AvgIpc) is 3.42. The van der Waals surface area contributed by atoms with E-state index in [1.54, 1.807) is 10.9 Å². The third-order valence-electron chi connectivity index (χ3n) is 5.66. The van der Waals surface area contributed by atoms with Gasteiger partial charge in [-0.05, 0) is 45.0 Å². The number of anilines is 3. The molecule has 3 heterocycles. The zero-order valence-corrected chi connectivity index (χ0v) is 20.0. The van der Waals surface area contributed by atoms with E-state index in [4.69, 9.17) is 21.4 Å². The van der Waals surface area contributed by atoms with Crippen molar-refractivity contribution in [2.24, 2.45) is 0 Å². The van der Waals surface area contributed by atoms with Crippen molar-refractivity contribution in [1.29, 1.82) is 0 Å². The van der Waals surface area contributed by atoms with Crippen LogP contribution in [0.3, 0.4) is 0 Å². The number of hydrogen-bond acceptors (Lipinski definition) is 6. The lowest BCUT2D eigenvalue weighted by atomic mass is 10.2. The van der Waals surface area contributed by atoms with Crippen LogP contribution >= 0.6 is 11.6 Å². The van der Waals surface area contributed by atoms with Gasteiger partial charge in [-0.15, -0.1) is 5.10 Å². The summed E-state index contributed by atoms with van der Waals surface area (Å²) >= 11 is 6.56. The maximum absolute atomic E-state index is 12.3. The number of H-pyrrole nitrogens is 1. The molecule has 0 aliphatic carbocycles. The largest absolute Gasteiger partial charge is 0.489 e. The summed E-state index contributed by atoms with van der Waals surface area (Å²) in [5.74, 6) is 1.44. The van der Waals surface area contributed by atoms with Crippen molar-refractivity contribution >= 4 is 45.6 Å². The van der Waals surface area contributed by atoms with E-state index in [1.165, 1.54) is 0 Å². The smallest absolute Gasteiger partial charge is 0.239 e. The van der Waals surface area contributed by atoms with Gasteiger partial charge in [0.15, 0.2) is 5.82 Å². The Kier molecular flexibility index (Phi) is 5.79. The molecule has 0 saturated heterocycles. The molecular weight excluding hydrogens is 454 g/mol. The summed E-state index contributed by atoms with van der Waals surface area (Å²) in [6, 6.07) is 9.83. The van der Waals surface area contributed by atoms with Crippen LogP contribution in [0.4, 0.5) is 17.2 Å². The van der Waals surface area contributed by atoms with E-state index in [0.717, 1.165) is 39.3 Å². The molecule has 0 spiro atoms. The summed E-state index contributed by atoms with van der Waals surface area (Å²) < 4.78 is 7.71. The molecule has 1 aliphatic heterocycles. The summed E-state index contributed by atoms with van der Waals surface area (Å²) in [6.45, 7) is 7.37. The van der Waals surface area contributed by atoms with Crippen molar-refractivity contribution in [3.63, 3.8) is 0 Å². The number of halogens is 1. The third-order valence-corrected chi connectivity index (χ3v) is 6.07. The highest BCUT2D eigenvalue weighted by Crippen LogP contribution is 2.35. The summed E-state index contributed by atoms with van der Waals surface area (Å²) in [5.41, 5.74) is 4.36. The van der Waals surface area contributed by atoms with E-state index in [2.05, 4.69) is 20.8 Å². The van der Waals surface area contributed by atoms with Gasteiger partial charge in [0.2, 0.25) is 5.91 Å². The van der Waals surface area contributed by atoms with Gasteiger partial charge in [0.05, 0.1) is 46.9 Å². The normalized spacial score (nSPS) is 13.1. The average molecular weight is 480 g/mol. The third kappa shape index (κ3) is 4.26. The van der Waals surface area contributed by atoms with Crippen LogP contribution in [-0.2, 0) is 4.79 Å². The molecule has 0 fully saturated rings. The number of nitrogens with zero attached hydrogens (tertiary/aromatic N) is 4. The minimum absolute atomic E-state index is 0.00221. The first-order chi connectivity index (χ1) is 16.4. The minimum atomic E-state index is -0.00221. The van der Waals surface area contributed by atoms with Gasteiger partial charge in [-0.2, -0.15) is 5.10 Å². The fraction of sp³-hybridized carbons (Fsp3) is 0.292. The highest BCUT2D eigenvalue weighted by atomic mass is 35.5. The van der Waals surface area contributed by atoms with Crippen molar-refractivity contribution in [2.75, 3.05) is 29.9 Å². The molecule has 0 radical (unpaired) electrons. The molecule has 5 rings (SSSR count). The zero-order chi connectivity index (χ0) is 23.8. The van der Waals surface area contributed by atoms with Crippen molar-refractivity contribution in [1.82, 2.24) is 25.3 Å². The molecule has 1 amide bonds. The molecule has 1 aliphatic rings. The molecule has 0 bridgehead atoms. The van der Waals surface area contributed by atoms with Gasteiger partial charge in [0, 0.05) is 29.3 Å². The van der Waals surface area contributed by atoms with Crippen molar-refractivity contribution in [3.8, 4) is 11.4 Å². The quantitative estimate of drug-likeness (QED) is 0.383. The fourth-order valence-corrected chi connectivity index (χ4v) is 4.30. The second-order valence-corrected chi connectivity index (χ2v) is 9.01. The number of benzene rings is 2. The lowest BCUT2D eigenvalue weighted by molar-refractivity contribution is -0.120. The van der Waals surface area contributed by atoms with E-state index < -0.39 is 0 Å². The number of hydrogen-bond donors (Lipinski definition) is 3. The first kappa shape index (κ1) is 22.1. The van der Waals surface area contributed by atoms with Crippen molar-refractivity contribution in [2.45, 2.75) is 26.8 Å². The number of aromatic amines is 1. The molecule has 9 nitrogen and oxygen atoms in total. The van der Waals surface area contributed by atoms with E-state index in [-0.39, 0.29) is 11.9 Å². The van der Waals surface area contributed by atoms with Gasteiger partial charge in [-0.3, -0.25) is 9.89 Å². The Morgan fingerprint density at radius 1 is 1.29 bits per heavy atom. The van der Waals surface area contributed by atoms with Gasteiger partial charge in [0.1, 0.15) is 12.4 Å². The van der Waals surface area contributed by atoms with Crippen LogP contribution in [0.1, 0.15) is 19.4 Å². The van der Waals surface area contributed by atoms with Gasteiger partial charge in [-0.25, -0.2) is 4.68 Å². The predicted molar refractivity (Wildman–Crippen MR) is 134 cm³/mol. The first-order valence-electron chi connectivity index (χ1n) is 11.2. The molecule has 0 atom stereocenters. The first-order valence-corrected chi connectivity index (χ1v) is 11.5. The standard InChI is InChI=1S/C24H26ClN7O2/c1-14(2)27-22(33)13-31-8-9-34-21-10-16(4-7-20(21)31)32-12-15(3)24(30-32)28-19-6-5-18-17(23(19)25)11-26-29-18/h4-7,10-12,14H,8-9,13H2,1-3H3,(H,26,29)(H,27,33)(H,28,30).